The van der Waals surface area contributed by atoms with Crippen molar-refractivity contribution in [3.63, 3.8) is 0 Å². The van der Waals surface area contributed by atoms with Crippen LogP contribution in [0.2, 0.25) is 0 Å². The highest BCUT2D eigenvalue weighted by atomic mass is 16.7. The maximum absolute atomic E-state index is 13.3. The van der Waals surface area contributed by atoms with Gasteiger partial charge in [-0.15, -0.1) is 5.06 Å². The molecule has 2 saturated carbocycles. The maximum Gasteiger partial charge on any atom is 0.340 e. The second-order valence-corrected chi connectivity index (χ2v) is 8.30. The number of aromatic nitrogens is 1. The van der Waals surface area contributed by atoms with E-state index in [9.17, 15) is 14.4 Å². The van der Waals surface area contributed by atoms with E-state index in [1.807, 2.05) is 19.1 Å². The van der Waals surface area contributed by atoms with Gasteiger partial charge in [-0.3, -0.25) is 14.6 Å². The van der Waals surface area contributed by atoms with Gasteiger partial charge in [0.1, 0.15) is 5.54 Å². The first-order valence-electron chi connectivity index (χ1n) is 10.4. The fourth-order valence-corrected chi connectivity index (χ4v) is 5.37. The second kappa shape index (κ2) is 7.50. The highest BCUT2D eigenvalue weighted by Crippen LogP contribution is 2.54. The Labute approximate surface area is 170 Å². The predicted octanol–water partition coefficient (Wildman–Crippen LogP) is 1.10. The highest BCUT2D eigenvalue weighted by molar-refractivity contribution is 6.23. The normalized spacial score (nSPS) is 32.9. The van der Waals surface area contributed by atoms with Crippen molar-refractivity contribution in [1.29, 1.82) is 0 Å². The molecule has 8 heteroatoms. The van der Waals surface area contributed by atoms with Gasteiger partial charge in [0.15, 0.2) is 17.0 Å². The molecule has 0 aromatic carbocycles. The van der Waals surface area contributed by atoms with Gasteiger partial charge in [-0.2, -0.15) is 0 Å². The Hall–Kier alpha value is -2.32. The molecule has 0 spiro atoms. The van der Waals surface area contributed by atoms with Gasteiger partial charge in [-0.05, 0) is 30.9 Å². The van der Waals surface area contributed by atoms with E-state index in [1.165, 1.54) is 0 Å². The lowest BCUT2D eigenvalue weighted by Crippen LogP contribution is -2.68. The zero-order valence-corrected chi connectivity index (χ0v) is 16.8. The van der Waals surface area contributed by atoms with Crippen LogP contribution in [0.25, 0.3) is 0 Å². The molecule has 3 atom stereocenters. The smallest absolute Gasteiger partial charge is 0.340 e. The molecule has 0 bridgehead atoms. The summed E-state index contributed by atoms with van der Waals surface area (Å²) in [5.41, 5.74) is 4.68. The van der Waals surface area contributed by atoms with E-state index >= 15 is 0 Å². The average Bonchev–Trinajstić information content (AvgIpc) is 2.95. The molecule has 1 aromatic rings. The van der Waals surface area contributed by atoms with Crippen LogP contribution >= 0.6 is 0 Å². The summed E-state index contributed by atoms with van der Waals surface area (Å²) >= 11 is 0. The van der Waals surface area contributed by atoms with E-state index in [-0.39, 0.29) is 23.9 Å². The Balaban J connectivity index is 1.49. The first kappa shape index (κ1) is 20.0. The van der Waals surface area contributed by atoms with Crippen LogP contribution in [-0.4, -0.2) is 59.3 Å². The lowest BCUT2D eigenvalue weighted by molar-refractivity contribution is -0.210. The molecule has 3 fully saturated rings. The number of hydrogen-bond acceptors (Lipinski definition) is 8. The molecule has 1 aromatic heterocycles. The first-order valence-corrected chi connectivity index (χ1v) is 10.4. The van der Waals surface area contributed by atoms with Gasteiger partial charge < -0.3 is 15.5 Å². The third-order valence-electron chi connectivity index (χ3n) is 7.03. The molecular weight excluding hydrogens is 372 g/mol. The van der Waals surface area contributed by atoms with Gasteiger partial charge >= 0.3 is 5.97 Å². The molecule has 0 radical (unpaired) electrons. The van der Waals surface area contributed by atoms with Crippen LogP contribution in [0.1, 0.15) is 39.0 Å². The summed E-state index contributed by atoms with van der Waals surface area (Å²) in [6.45, 7) is 4.35. The van der Waals surface area contributed by atoms with Crippen molar-refractivity contribution >= 4 is 23.2 Å². The van der Waals surface area contributed by atoms with Gasteiger partial charge in [-0.25, -0.2) is 4.79 Å². The lowest BCUT2D eigenvalue weighted by Gasteiger charge is -2.48. The third kappa shape index (κ3) is 2.97. The molecule has 3 aliphatic rings. The van der Waals surface area contributed by atoms with Crippen LogP contribution in [-0.2, 0) is 19.2 Å². The highest BCUT2D eigenvalue weighted by Gasteiger charge is 2.72. The van der Waals surface area contributed by atoms with Gasteiger partial charge in [0.25, 0.3) is 0 Å². The third-order valence-corrected chi connectivity index (χ3v) is 7.03. The molecule has 1 saturated heterocycles. The van der Waals surface area contributed by atoms with Crippen molar-refractivity contribution in [3.8, 4) is 0 Å². The Kier molecular flexibility index (Phi) is 5.16. The van der Waals surface area contributed by atoms with E-state index in [4.69, 9.17) is 10.6 Å². The van der Waals surface area contributed by atoms with Crippen molar-refractivity contribution in [2.24, 2.45) is 17.1 Å². The molecule has 29 heavy (non-hydrogen) atoms. The molecular formula is C21H28N4O4. The number of piperazine rings is 1. The monoisotopic (exact) mass is 400 g/mol. The average molecular weight is 400 g/mol. The van der Waals surface area contributed by atoms with Crippen molar-refractivity contribution in [1.82, 2.24) is 10.0 Å². The van der Waals surface area contributed by atoms with E-state index in [0.717, 1.165) is 12.1 Å². The number of ketones is 2. The van der Waals surface area contributed by atoms with Crippen LogP contribution in [0.15, 0.2) is 24.5 Å². The molecule has 3 unspecified atom stereocenters. The number of hydrogen-bond donors (Lipinski definition) is 1. The van der Waals surface area contributed by atoms with Gasteiger partial charge in [0.05, 0.1) is 19.5 Å². The summed E-state index contributed by atoms with van der Waals surface area (Å²) < 4.78 is 0. The van der Waals surface area contributed by atoms with Crippen LogP contribution in [0.5, 0.6) is 0 Å². The molecule has 2 heterocycles. The van der Waals surface area contributed by atoms with Crippen LogP contribution < -0.4 is 10.6 Å². The van der Waals surface area contributed by atoms with Crippen LogP contribution in [0.3, 0.4) is 0 Å². The summed E-state index contributed by atoms with van der Waals surface area (Å²) in [6, 6.07) is 3.89. The number of carbonyl (C=O) groups is 3. The summed E-state index contributed by atoms with van der Waals surface area (Å²) in [6.07, 6.45) is 5.63. The van der Waals surface area contributed by atoms with Gasteiger partial charge in [0.2, 0.25) is 0 Å². The molecule has 0 amide bonds. The maximum atomic E-state index is 13.3. The van der Waals surface area contributed by atoms with Crippen molar-refractivity contribution in [2.45, 2.75) is 44.6 Å². The van der Waals surface area contributed by atoms with Crippen molar-refractivity contribution < 1.29 is 19.2 Å². The van der Waals surface area contributed by atoms with Crippen LogP contribution in [0, 0.1) is 11.3 Å². The lowest BCUT2D eigenvalue weighted by atomic mass is 9.57. The summed E-state index contributed by atoms with van der Waals surface area (Å²) in [5, 5.41) is 1.60. The quantitative estimate of drug-likeness (QED) is 0.749. The number of rotatable bonds is 4. The minimum Gasteiger partial charge on any atom is -0.369 e. The molecule has 4 rings (SSSR count). The number of hydroxylamine groups is 2. The molecule has 2 N–H and O–H groups in total. The second-order valence-electron chi connectivity index (χ2n) is 8.30. The van der Waals surface area contributed by atoms with E-state index in [1.54, 1.807) is 17.5 Å². The fraction of sp³-hybridized carbons (Fsp3) is 0.619. The number of pyridine rings is 1. The van der Waals surface area contributed by atoms with Crippen LogP contribution in [0.4, 0.5) is 5.69 Å². The Bertz CT molecular complexity index is 808. The standard InChI is InChI=1S/C21H28N4O4/c1-2-15-4-3-7-20(17(26)14-18(27)21(15,20)22)19(28)29-25-12-10-24(11-13-25)16-5-8-23-9-6-16/h5-6,8-9,15H,2-4,7,10-14,22H2,1H3. The zero-order chi connectivity index (χ0) is 20.6. The molecule has 8 nitrogen and oxygen atoms in total. The number of carbonyl (C=O) groups excluding carboxylic acids is 3. The van der Waals surface area contributed by atoms with E-state index < -0.39 is 16.9 Å². The number of nitrogens with two attached hydrogens (primary N) is 1. The zero-order valence-electron chi connectivity index (χ0n) is 16.8. The first-order chi connectivity index (χ1) is 13.9. The minimum atomic E-state index is -1.54. The fourth-order valence-electron chi connectivity index (χ4n) is 5.37. The molecule has 2 aliphatic carbocycles. The Morgan fingerprint density at radius 1 is 1.21 bits per heavy atom. The summed E-state index contributed by atoms with van der Waals surface area (Å²) in [4.78, 5) is 50.9. The number of fused-ring (bicyclic) bond motifs is 1. The van der Waals surface area contributed by atoms with Gasteiger partial charge in [-0.1, -0.05) is 19.8 Å². The predicted molar refractivity (Wildman–Crippen MR) is 106 cm³/mol. The number of Topliss-reactive ketones (excluding diaryl/α,β-unsaturated/α-hetero) is 2. The molecule has 1 aliphatic heterocycles. The topological polar surface area (TPSA) is 106 Å². The largest absolute Gasteiger partial charge is 0.369 e. The van der Waals surface area contributed by atoms with Crippen molar-refractivity contribution in [3.05, 3.63) is 24.5 Å². The summed E-state index contributed by atoms with van der Waals surface area (Å²) in [7, 11) is 0. The number of anilines is 1. The SMILES string of the molecule is CCC1CCCC2(C(=O)ON3CCN(c4ccncc4)CC3)C(=O)CC(=O)C12N. The Morgan fingerprint density at radius 2 is 1.90 bits per heavy atom. The van der Waals surface area contributed by atoms with Crippen molar-refractivity contribution in [2.75, 3.05) is 31.1 Å². The number of nitrogens with zero attached hydrogens (tertiary/aromatic N) is 3. The Morgan fingerprint density at radius 3 is 2.55 bits per heavy atom. The summed E-state index contributed by atoms with van der Waals surface area (Å²) in [5.74, 6) is -1.50. The molecule has 156 valence electrons. The minimum absolute atomic E-state index is 0.175. The van der Waals surface area contributed by atoms with Gasteiger partial charge in [0, 0.05) is 31.2 Å². The van der Waals surface area contributed by atoms with E-state index in [0.29, 0.717) is 45.4 Å². The van der Waals surface area contributed by atoms with E-state index in [2.05, 4.69) is 9.88 Å².